The largest absolute Gasteiger partial charge is 0.416 e. The molecule has 1 heterocycles. The highest BCUT2D eigenvalue weighted by atomic mass is 32.1. The first kappa shape index (κ1) is 16.0. The van der Waals surface area contributed by atoms with Crippen molar-refractivity contribution in [1.29, 1.82) is 0 Å². The quantitative estimate of drug-likeness (QED) is 0.826. The van der Waals surface area contributed by atoms with Crippen molar-refractivity contribution in [1.82, 2.24) is 5.32 Å². The predicted octanol–water partition coefficient (Wildman–Crippen LogP) is 4.53. The van der Waals surface area contributed by atoms with Crippen molar-refractivity contribution in [2.24, 2.45) is 0 Å². The topological polar surface area (TPSA) is 12.0 Å². The van der Waals surface area contributed by atoms with E-state index in [1.54, 1.807) is 17.4 Å². The average molecular weight is 313 g/mol. The minimum atomic E-state index is -4.28. The smallest absolute Gasteiger partial charge is 0.317 e. The highest BCUT2D eigenvalue weighted by molar-refractivity contribution is 7.09. The Hall–Kier alpha value is -1.33. The van der Waals surface area contributed by atoms with E-state index < -0.39 is 11.7 Å². The van der Waals surface area contributed by atoms with Gasteiger partial charge in [-0.3, -0.25) is 0 Å². The number of benzene rings is 1. The summed E-state index contributed by atoms with van der Waals surface area (Å²) < 4.78 is 38.1. The van der Waals surface area contributed by atoms with Crippen molar-refractivity contribution < 1.29 is 13.2 Å². The third-order valence-electron chi connectivity index (χ3n) is 3.46. The second-order valence-electron chi connectivity index (χ2n) is 5.01. The molecule has 1 nitrogen and oxygen atoms in total. The van der Waals surface area contributed by atoms with Gasteiger partial charge in [0.2, 0.25) is 0 Å². The first-order valence-corrected chi connectivity index (χ1v) is 7.73. The highest BCUT2D eigenvalue weighted by Gasteiger charge is 2.30. The summed E-state index contributed by atoms with van der Waals surface area (Å²) in [6.07, 6.45) is -1.82. The predicted molar refractivity (Wildman–Crippen MR) is 80.6 cm³/mol. The van der Waals surface area contributed by atoms with Crippen LogP contribution in [-0.4, -0.2) is 13.1 Å². The first-order chi connectivity index (χ1) is 9.99. The van der Waals surface area contributed by atoms with Gasteiger partial charge in [0.15, 0.2) is 0 Å². The molecule has 1 aromatic heterocycles. The van der Waals surface area contributed by atoms with E-state index in [0.29, 0.717) is 6.42 Å². The fourth-order valence-corrected chi connectivity index (χ4v) is 3.00. The Labute approximate surface area is 126 Å². The Kier molecular flexibility index (Phi) is 5.42. The fraction of sp³-hybridized carbons (Fsp3) is 0.375. The number of hydrogen-bond donors (Lipinski definition) is 1. The molecule has 0 aliphatic carbocycles. The van der Waals surface area contributed by atoms with Crippen LogP contribution >= 0.6 is 11.3 Å². The van der Waals surface area contributed by atoms with Crippen LogP contribution in [0.5, 0.6) is 0 Å². The third-order valence-corrected chi connectivity index (χ3v) is 4.40. The van der Waals surface area contributed by atoms with Gasteiger partial charge in [0.1, 0.15) is 0 Å². The van der Waals surface area contributed by atoms with Crippen LogP contribution in [0, 0.1) is 0 Å². The van der Waals surface area contributed by atoms with E-state index in [1.807, 2.05) is 18.5 Å². The molecule has 2 rings (SSSR count). The normalized spacial score (nSPS) is 13.3. The molecule has 0 aliphatic heterocycles. The number of rotatable bonds is 6. The Bertz CT molecular complexity index is 549. The monoisotopic (exact) mass is 313 g/mol. The Morgan fingerprint density at radius 3 is 2.62 bits per heavy atom. The van der Waals surface area contributed by atoms with Crippen molar-refractivity contribution in [2.45, 2.75) is 31.5 Å². The van der Waals surface area contributed by atoms with Crippen LogP contribution < -0.4 is 5.32 Å². The lowest BCUT2D eigenvalue weighted by Gasteiger charge is -2.17. The molecular weight excluding hydrogens is 295 g/mol. The van der Waals surface area contributed by atoms with Gasteiger partial charge in [-0.2, -0.15) is 13.2 Å². The molecule has 0 spiro atoms. The van der Waals surface area contributed by atoms with Crippen LogP contribution in [0.2, 0.25) is 0 Å². The minimum Gasteiger partial charge on any atom is -0.317 e. The van der Waals surface area contributed by atoms with Gasteiger partial charge in [-0.15, -0.1) is 11.3 Å². The third kappa shape index (κ3) is 4.86. The van der Waals surface area contributed by atoms with Gasteiger partial charge < -0.3 is 5.32 Å². The lowest BCUT2D eigenvalue weighted by molar-refractivity contribution is -0.137. The van der Waals surface area contributed by atoms with E-state index in [9.17, 15) is 13.2 Å². The zero-order chi connectivity index (χ0) is 15.3. The van der Waals surface area contributed by atoms with Gasteiger partial charge in [-0.05, 0) is 49.4 Å². The van der Waals surface area contributed by atoms with Crippen molar-refractivity contribution in [3.8, 4) is 0 Å². The first-order valence-electron chi connectivity index (χ1n) is 6.85. The number of likely N-dealkylation sites (N-methyl/N-ethyl adjacent to an activating group) is 1. The Morgan fingerprint density at radius 1 is 1.19 bits per heavy atom. The molecule has 0 saturated heterocycles. The molecule has 114 valence electrons. The molecule has 1 unspecified atom stereocenters. The van der Waals surface area contributed by atoms with E-state index >= 15 is 0 Å². The molecule has 1 N–H and O–H groups in total. The molecule has 0 bridgehead atoms. The number of nitrogens with one attached hydrogen (secondary N) is 1. The molecule has 21 heavy (non-hydrogen) atoms. The van der Waals surface area contributed by atoms with Gasteiger partial charge in [0.05, 0.1) is 5.56 Å². The molecule has 0 amide bonds. The Balaban J connectivity index is 1.98. The summed E-state index contributed by atoms with van der Waals surface area (Å²) in [5, 5.41) is 5.23. The van der Waals surface area contributed by atoms with Crippen LogP contribution in [0.1, 0.15) is 22.4 Å². The molecule has 1 atom stereocenters. The lowest BCUT2D eigenvalue weighted by Crippen LogP contribution is -2.28. The molecule has 2 aromatic rings. The summed E-state index contributed by atoms with van der Waals surface area (Å²) in [4.78, 5) is 1.30. The second kappa shape index (κ2) is 7.09. The standard InChI is InChI=1S/C16H18F3NS/c1-20-14(7-8-15-6-3-9-21-15)11-12-4-2-5-13(10-12)16(17,18)19/h2-6,9-10,14,20H,7-8,11H2,1H3. The maximum Gasteiger partial charge on any atom is 0.416 e. The highest BCUT2D eigenvalue weighted by Crippen LogP contribution is 2.29. The molecule has 0 aliphatic rings. The molecule has 0 saturated carbocycles. The molecule has 1 aromatic carbocycles. The maximum atomic E-state index is 12.7. The van der Waals surface area contributed by atoms with Gasteiger partial charge in [-0.25, -0.2) is 0 Å². The SMILES string of the molecule is CNC(CCc1cccs1)Cc1cccc(C(F)(F)F)c1. The lowest BCUT2D eigenvalue weighted by atomic mass is 10.00. The summed E-state index contributed by atoms with van der Waals surface area (Å²) in [5.74, 6) is 0. The zero-order valence-electron chi connectivity index (χ0n) is 11.8. The minimum absolute atomic E-state index is 0.176. The van der Waals surface area contributed by atoms with Crippen LogP contribution in [0.3, 0.4) is 0 Å². The Morgan fingerprint density at radius 2 is 2.00 bits per heavy atom. The zero-order valence-corrected chi connectivity index (χ0v) is 12.6. The van der Waals surface area contributed by atoms with E-state index in [2.05, 4.69) is 11.4 Å². The maximum absolute atomic E-state index is 12.7. The van der Waals surface area contributed by atoms with E-state index in [0.717, 1.165) is 24.5 Å². The molecular formula is C16H18F3NS. The summed E-state index contributed by atoms with van der Waals surface area (Å²) >= 11 is 1.71. The molecule has 0 radical (unpaired) electrons. The van der Waals surface area contributed by atoms with Gasteiger partial charge in [0, 0.05) is 10.9 Å². The van der Waals surface area contributed by atoms with Gasteiger partial charge >= 0.3 is 6.18 Å². The molecule has 5 heteroatoms. The van der Waals surface area contributed by atoms with Crippen LogP contribution in [0.15, 0.2) is 41.8 Å². The van der Waals surface area contributed by atoms with Gasteiger partial charge in [-0.1, -0.05) is 24.3 Å². The average Bonchev–Trinajstić information content (AvgIpc) is 2.96. The number of alkyl halides is 3. The summed E-state index contributed by atoms with van der Waals surface area (Å²) in [6, 6.07) is 9.87. The van der Waals surface area contributed by atoms with E-state index in [1.165, 1.54) is 17.0 Å². The molecule has 0 fully saturated rings. The van der Waals surface area contributed by atoms with Crippen molar-refractivity contribution in [2.75, 3.05) is 7.05 Å². The summed E-state index contributed by atoms with van der Waals surface area (Å²) in [7, 11) is 1.85. The number of aryl methyl sites for hydroxylation is 1. The van der Waals surface area contributed by atoms with Crippen molar-refractivity contribution in [3.63, 3.8) is 0 Å². The fourth-order valence-electron chi connectivity index (χ4n) is 2.28. The van der Waals surface area contributed by atoms with Crippen LogP contribution in [0.4, 0.5) is 13.2 Å². The number of thiophene rings is 1. The van der Waals surface area contributed by atoms with Crippen LogP contribution in [-0.2, 0) is 19.0 Å². The number of halogens is 3. The van der Waals surface area contributed by atoms with Crippen LogP contribution in [0.25, 0.3) is 0 Å². The summed E-state index contributed by atoms with van der Waals surface area (Å²) in [5.41, 5.74) is 0.142. The van der Waals surface area contributed by atoms with Gasteiger partial charge in [0.25, 0.3) is 0 Å². The van der Waals surface area contributed by atoms with E-state index in [-0.39, 0.29) is 6.04 Å². The van der Waals surface area contributed by atoms with Crippen molar-refractivity contribution >= 4 is 11.3 Å². The van der Waals surface area contributed by atoms with E-state index in [4.69, 9.17) is 0 Å². The number of hydrogen-bond acceptors (Lipinski definition) is 2. The second-order valence-corrected chi connectivity index (χ2v) is 6.04. The summed E-state index contributed by atoms with van der Waals surface area (Å²) in [6.45, 7) is 0. The van der Waals surface area contributed by atoms with Crippen molar-refractivity contribution in [3.05, 3.63) is 57.8 Å².